The van der Waals surface area contributed by atoms with Crippen LogP contribution in [0.15, 0.2) is 29.2 Å². The predicted octanol–water partition coefficient (Wildman–Crippen LogP) is 1.24. The molecule has 2 rings (SSSR count). The number of rotatable bonds is 5. The Bertz CT molecular complexity index is 687. The number of aryl methyl sites for hydroxylation is 2. The average molecular weight is 288 g/mol. The smallest absolute Gasteiger partial charge is 0.250 e. The van der Waals surface area contributed by atoms with Crippen molar-refractivity contribution < 1.29 is 4.79 Å². The highest BCUT2D eigenvalue weighted by molar-refractivity contribution is 5.75. The fourth-order valence-corrected chi connectivity index (χ4v) is 2.19. The monoisotopic (exact) mass is 288 g/mol. The minimum absolute atomic E-state index is 0.00533. The lowest BCUT2D eigenvalue weighted by molar-refractivity contribution is -0.130. The molecule has 1 N–H and O–H groups in total. The van der Waals surface area contributed by atoms with E-state index >= 15 is 0 Å². The van der Waals surface area contributed by atoms with Crippen molar-refractivity contribution in [1.29, 1.82) is 0 Å². The van der Waals surface area contributed by atoms with Crippen molar-refractivity contribution >= 4 is 5.91 Å². The summed E-state index contributed by atoms with van der Waals surface area (Å²) in [5, 5.41) is 6.79. The molecule has 2 aromatic heterocycles. The maximum absolute atomic E-state index is 12.2. The van der Waals surface area contributed by atoms with E-state index in [0.717, 1.165) is 17.0 Å². The largest absolute Gasteiger partial charge is 0.341 e. The molecule has 6 nitrogen and oxygen atoms in total. The predicted molar refractivity (Wildman–Crippen MR) is 79.9 cm³/mol. The molecule has 0 aliphatic carbocycles. The zero-order chi connectivity index (χ0) is 15.4. The molecule has 0 atom stereocenters. The summed E-state index contributed by atoms with van der Waals surface area (Å²) >= 11 is 0. The summed E-state index contributed by atoms with van der Waals surface area (Å²) in [7, 11) is 1.76. The Morgan fingerprint density at radius 1 is 1.38 bits per heavy atom. The number of nitrogens with one attached hydrogen (secondary N) is 1. The van der Waals surface area contributed by atoms with Crippen LogP contribution in [0.25, 0.3) is 0 Å². The van der Waals surface area contributed by atoms with Gasteiger partial charge < -0.3 is 9.47 Å². The highest BCUT2D eigenvalue weighted by atomic mass is 16.2. The number of hydrogen-bond donors (Lipinski definition) is 1. The lowest BCUT2D eigenvalue weighted by atomic mass is 10.2. The van der Waals surface area contributed by atoms with Gasteiger partial charge in [-0.2, -0.15) is 5.10 Å². The first-order valence-corrected chi connectivity index (χ1v) is 6.88. The molecule has 0 saturated heterocycles. The van der Waals surface area contributed by atoms with Crippen molar-refractivity contribution in [1.82, 2.24) is 19.7 Å². The number of carbonyl (C=O) groups is 1. The Hall–Kier alpha value is -2.37. The van der Waals surface area contributed by atoms with E-state index in [9.17, 15) is 9.59 Å². The van der Waals surface area contributed by atoms with E-state index in [-0.39, 0.29) is 11.5 Å². The molecule has 0 aliphatic heterocycles. The van der Waals surface area contributed by atoms with Crippen LogP contribution in [-0.2, 0) is 17.9 Å². The van der Waals surface area contributed by atoms with Gasteiger partial charge in [0, 0.05) is 49.6 Å². The first kappa shape index (κ1) is 15.0. The minimum atomic E-state index is -0.0730. The fourth-order valence-electron chi connectivity index (χ4n) is 2.19. The summed E-state index contributed by atoms with van der Waals surface area (Å²) in [6, 6.07) is 5.10. The molecular formula is C15H20N4O2. The number of aromatic amines is 1. The molecule has 0 saturated carbocycles. The van der Waals surface area contributed by atoms with Crippen LogP contribution >= 0.6 is 0 Å². The Kier molecular flexibility index (Phi) is 4.57. The van der Waals surface area contributed by atoms with Crippen LogP contribution in [0.2, 0.25) is 0 Å². The lowest BCUT2D eigenvalue weighted by Gasteiger charge is -2.17. The molecule has 0 aliphatic rings. The van der Waals surface area contributed by atoms with Crippen molar-refractivity contribution in [2.45, 2.75) is 33.4 Å². The molecule has 0 spiro atoms. The minimum Gasteiger partial charge on any atom is -0.341 e. The van der Waals surface area contributed by atoms with E-state index in [0.29, 0.717) is 19.5 Å². The van der Waals surface area contributed by atoms with Crippen LogP contribution in [0.1, 0.15) is 23.4 Å². The summed E-state index contributed by atoms with van der Waals surface area (Å²) in [6.45, 7) is 4.71. The molecule has 0 aromatic carbocycles. The summed E-state index contributed by atoms with van der Waals surface area (Å²) in [4.78, 5) is 25.6. The van der Waals surface area contributed by atoms with Crippen molar-refractivity contribution in [2.24, 2.45) is 0 Å². The molecule has 0 radical (unpaired) electrons. The molecular weight excluding hydrogens is 268 g/mol. The summed E-state index contributed by atoms with van der Waals surface area (Å²) < 4.78 is 1.62. The van der Waals surface area contributed by atoms with E-state index < -0.39 is 0 Å². The zero-order valence-corrected chi connectivity index (χ0v) is 12.6. The Labute approximate surface area is 123 Å². The highest BCUT2D eigenvalue weighted by Gasteiger charge is 2.12. The quantitative estimate of drug-likeness (QED) is 0.899. The van der Waals surface area contributed by atoms with Gasteiger partial charge >= 0.3 is 0 Å². The number of aromatic nitrogens is 3. The van der Waals surface area contributed by atoms with Crippen LogP contribution in [0.4, 0.5) is 0 Å². The van der Waals surface area contributed by atoms with E-state index in [1.807, 2.05) is 19.9 Å². The van der Waals surface area contributed by atoms with E-state index in [1.54, 1.807) is 28.8 Å². The number of H-pyrrole nitrogens is 1. The Morgan fingerprint density at radius 3 is 2.76 bits per heavy atom. The Morgan fingerprint density at radius 2 is 2.14 bits per heavy atom. The molecule has 0 fully saturated rings. The van der Waals surface area contributed by atoms with Gasteiger partial charge in [0.2, 0.25) is 5.91 Å². The van der Waals surface area contributed by atoms with E-state index in [2.05, 4.69) is 10.2 Å². The zero-order valence-electron chi connectivity index (χ0n) is 12.6. The molecule has 112 valence electrons. The first-order valence-electron chi connectivity index (χ1n) is 6.88. The van der Waals surface area contributed by atoms with Gasteiger partial charge in [0.15, 0.2) is 0 Å². The van der Waals surface area contributed by atoms with Crippen molar-refractivity contribution in [2.75, 3.05) is 7.05 Å². The topological polar surface area (TPSA) is 71.0 Å². The van der Waals surface area contributed by atoms with E-state index in [4.69, 9.17) is 0 Å². The third-order valence-corrected chi connectivity index (χ3v) is 3.58. The number of amides is 1. The van der Waals surface area contributed by atoms with Gasteiger partial charge in [-0.25, -0.2) is 0 Å². The SMILES string of the molecule is Cc1[nH]ncc1CN(C)C(=O)CCn1c(C)cccc1=O. The average Bonchev–Trinajstić information content (AvgIpc) is 2.83. The maximum atomic E-state index is 12.2. The van der Waals surface area contributed by atoms with Crippen LogP contribution < -0.4 is 5.56 Å². The van der Waals surface area contributed by atoms with Crippen molar-refractivity contribution in [3.8, 4) is 0 Å². The highest BCUT2D eigenvalue weighted by Crippen LogP contribution is 2.07. The third-order valence-electron chi connectivity index (χ3n) is 3.58. The molecule has 6 heteroatoms. The maximum Gasteiger partial charge on any atom is 0.250 e. The first-order chi connectivity index (χ1) is 9.99. The molecule has 0 unspecified atom stereocenters. The van der Waals surface area contributed by atoms with Crippen molar-refractivity contribution in [3.63, 3.8) is 0 Å². The Balaban J connectivity index is 1.95. The summed E-state index contributed by atoms with van der Waals surface area (Å²) in [5.41, 5.74) is 2.75. The third kappa shape index (κ3) is 3.59. The number of nitrogens with zero attached hydrogens (tertiary/aromatic N) is 3. The second kappa shape index (κ2) is 6.39. The second-order valence-electron chi connectivity index (χ2n) is 5.18. The summed E-state index contributed by atoms with van der Waals surface area (Å²) in [5.74, 6) is 0.00533. The van der Waals surface area contributed by atoms with Crippen LogP contribution in [0, 0.1) is 13.8 Å². The second-order valence-corrected chi connectivity index (χ2v) is 5.18. The van der Waals surface area contributed by atoms with Gasteiger partial charge in [-0.05, 0) is 19.9 Å². The van der Waals surface area contributed by atoms with Gasteiger partial charge in [0.05, 0.1) is 6.20 Å². The molecule has 2 heterocycles. The van der Waals surface area contributed by atoms with Crippen LogP contribution in [0.3, 0.4) is 0 Å². The fraction of sp³-hybridized carbons (Fsp3) is 0.400. The van der Waals surface area contributed by atoms with Crippen molar-refractivity contribution in [3.05, 3.63) is 51.7 Å². The van der Waals surface area contributed by atoms with Gasteiger partial charge in [-0.3, -0.25) is 14.7 Å². The molecule has 0 bridgehead atoms. The number of carbonyl (C=O) groups excluding carboxylic acids is 1. The lowest BCUT2D eigenvalue weighted by Crippen LogP contribution is -2.29. The normalized spacial score (nSPS) is 10.6. The van der Waals surface area contributed by atoms with E-state index in [1.165, 1.54) is 6.07 Å². The summed E-state index contributed by atoms with van der Waals surface area (Å²) in [6.07, 6.45) is 2.03. The molecule has 1 amide bonds. The van der Waals surface area contributed by atoms with Gasteiger partial charge in [-0.15, -0.1) is 0 Å². The molecule has 21 heavy (non-hydrogen) atoms. The standard InChI is InChI=1S/C15H20N4O2/c1-11-5-4-6-15(21)19(11)8-7-14(20)18(3)10-13-9-16-17-12(13)2/h4-6,9H,7-8,10H2,1-3H3,(H,16,17). The van der Waals surface area contributed by atoms with Crippen LogP contribution in [-0.4, -0.2) is 32.6 Å². The van der Waals surface area contributed by atoms with Gasteiger partial charge in [-0.1, -0.05) is 6.07 Å². The van der Waals surface area contributed by atoms with Gasteiger partial charge in [0.1, 0.15) is 0 Å². The molecule has 2 aromatic rings. The number of pyridine rings is 1. The number of hydrogen-bond acceptors (Lipinski definition) is 3. The van der Waals surface area contributed by atoms with Gasteiger partial charge in [0.25, 0.3) is 5.56 Å². The van der Waals surface area contributed by atoms with Crippen LogP contribution in [0.5, 0.6) is 0 Å².